The number of carbonyl (C=O) groups is 1. The maximum absolute atomic E-state index is 13.0. The van der Waals surface area contributed by atoms with Crippen molar-refractivity contribution in [3.8, 4) is 28.8 Å². The molecule has 176 valence electrons. The molecule has 0 saturated carbocycles. The molecule has 34 heavy (non-hydrogen) atoms. The molecule has 0 atom stereocenters. The van der Waals surface area contributed by atoms with Crippen LogP contribution in [0.1, 0.15) is 16.1 Å². The number of rotatable bonds is 6. The van der Waals surface area contributed by atoms with Crippen molar-refractivity contribution in [2.24, 2.45) is 5.10 Å². The van der Waals surface area contributed by atoms with Crippen LogP contribution in [0.3, 0.4) is 0 Å². The second-order valence-corrected chi connectivity index (χ2v) is 6.91. The summed E-state index contributed by atoms with van der Waals surface area (Å²) in [7, 11) is 2.96. The van der Waals surface area contributed by atoms with E-state index in [4.69, 9.17) is 10.5 Å². The summed E-state index contributed by atoms with van der Waals surface area (Å²) in [5.41, 5.74) is 10.7. The zero-order valence-electron chi connectivity index (χ0n) is 18.3. The molecule has 8 nitrogen and oxygen atoms in total. The summed E-state index contributed by atoms with van der Waals surface area (Å²) in [6.07, 6.45) is -3.29. The van der Waals surface area contributed by atoms with E-state index >= 15 is 0 Å². The smallest absolute Gasteiger partial charge is 0.408 e. The molecule has 0 bridgehead atoms. The first-order chi connectivity index (χ1) is 16.2. The summed E-state index contributed by atoms with van der Waals surface area (Å²) < 4.78 is 45.0. The second-order valence-electron chi connectivity index (χ2n) is 6.91. The molecule has 1 amide bonds. The number of hydrazone groups is 1. The molecule has 0 fully saturated rings. The van der Waals surface area contributed by atoms with E-state index in [0.29, 0.717) is 28.3 Å². The Morgan fingerprint density at radius 3 is 2.71 bits per heavy atom. The predicted molar refractivity (Wildman–Crippen MR) is 124 cm³/mol. The number of nitrogens with zero attached hydrogens (tertiary/aromatic N) is 3. The van der Waals surface area contributed by atoms with Crippen molar-refractivity contribution in [1.82, 2.24) is 15.1 Å². The molecule has 0 spiro atoms. The molecule has 0 aliphatic carbocycles. The maximum atomic E-state index is 13.0. The summed E-state index contributed by atoms with van der Waals surface area (Å²) >= 11 is 0. The van der Waals surface area contributed by atoms with Crippen LogP contribution in [-0.2, 0) is 6.54 Å². The highest BCUT2D eigenvalue weighted by molar-refractivity contribution is 5.95. The lowest BCUT2D eigenvalue weighted by atomic mass is 10.1. The van der Waals surface area contributed by atoms with Crippen molar-refractivity contribution < 1.29 is 22.7 Å². The van der Waals surface area contributed by atoms with E-state index in [0.717, 1.165) is 4.68 Å². The summed E-state index contributed by atoms with van der Waals surface area (Å²) in [5, 5.41) is 10.5. The van der Waals surface area contributed by atoms with Gasteiger partial charge in [-0.1, -0.05) is 18.2 Å². The van der Waals surface area contributed by atoms with Gasteiger partial charge in [-0.3, -0.25) is 10.2 Å². The number of carbonyl (C=O) groups excluding carboxylic acids is 1. The summed E-state index contributed by atoms with van der Waals surface area (Å²) in [6, 6.07) is 12.9. The molecular weight excluding hydrogens is 449 g/mol. The van der Waals surface area contributed by atoms with Gasteiger partial charge >= 0.3 is 6.18 Å². The fourth-order valence-electron chi connectivity index (χ4n) is 2.98. The van der Waals surface area contributed by atoms with Crippen LogP contribution >= 0.6 is 0 Å². The highest BCUT2D eigenvalue weighted by atomic mass is 19.4. The quantitative estimate of drug-likeness (QED) is 0.221. The third-order valence-electron chi connectivity index (χ3n) is 4.55. The minimum absolute atomic E-state index is 0.0505. The highest BCUT2D eigenvalue weighted by Gasteiger charge is 2.30. The molecule has 3 aromatic rings. The Bertz CT molecular complexity index is 1270. The van der Waals surface area contributed by atoms with Gasteiger partial charge in [-0.2, -0.15) is 23.4 Å². The predicted octanol–water partition coefficient (Wildman–Crippen LogP) is 3.51. The van der Waals surface area contributed by atoms with Gasteiger partial charge in [-0.25, -0.2) is 4.68 Å². The molecule has 0 aliphatic rings. The van der Waals surface area contributed by atoms with E-state index in [1.165, 1.54) is 32.5 Å². The maximum Gasteiger partial charge on any atom is 0.408 e. The fraction of sp³-hybridized carbons (Fsp3) is 0.174. The Morgan fingerprint density at radius 2 is 2.03 bits per heavy atom. The van der Waals surface area contributed by atoms with Crippen molar-refractivity contribution in [3.63, 3.8) is 0 Å². The normalized spacial score (nSPS) is 11.1. The second kappa shape index (κ2) is 10.4. The van der Waals surface area contributed by atoms with Crippen molar-refractivity contribution in [2.75, 3.05) is 25.3 Å². The van der Waals surface area contributed by atoms with Gasteiger partial charge in [0.05, 0.1) is 24.7 Å². The number of nitrogens with one attached hydrogen (secondary N) is 2. The zero-order chi connectivity index (χ0) is 24.7. The molecule has 0 unspecified atom stereocenters. The number of halogens is 3. The van der Waals surface area contributed by atoms with E-state index in [1.54, 1.807) is 36.4 Å². The average molecular weight is 470 g/mol. The van der Waals surface area contributed by atoms with E-state index in [-0.39, 0.29) is 17.3 Å². The first kappa shape index (κ1) is 24.2. The van der Waals surface area contributed by atoms with Gasteiger partial charge in [0.15, 0.2) is 0 Å². The average Bonchev–Trinajstić information content (AvgIpc) is 3.19. The number of amides is 1. The topological polar surface area (TPSA) is 107 Å². The van der Waals surface area contributed by atoms with Crippen LogP contribution in [0.2, 0.25) is 0 Å². The van der Waals surface area contributed by atoms with Crippen molar-refractivity contribution >= 4 is 23.5 Å². The van der Waals surface area contributed by atoms with Gasteiger partial charge in [0.2, 0.25) is 0 Å². The SMILES string of the molecule is CNC(=O)c1ccc(N/N=C/C#Cc2cc(-c3ccccc3N)nn2CC(F)(F)F)c(OC)c1. The van der Waals surface area contributed by atoms with Crippen molar-refractivity contribution in [1.29, 1.82) is 0 Å². The van der Waals surface area contributed by atoms with E-state index in [1.807, 2.05) is 0 Å². The Morgan fingerprint density at radius 1 is 1.26 bits per heavy atom. The van der Waals surface area contributed by atoms with Crippen LogP contribution in [0.5, 0.6) is 5.75 Å². The van der Waals surface area contributed by atoms with Crippen LogP contribution in [0, 0.1) is 11.8 Å². The van der Waals surface area contributed by atoms with Crippen LogP contribution in [0.4, 0.5) is 24.5 Å². The summed E-state index contributed by atoms with van der Waals surface area (Å²) in [4.78, 5) is 11.7. The van der Waals surface area contributed by atoms with E-state index in [9.17, 15) is 18.0 Å². The largest absolute Gasteiger partial charge is 0.494 e. The van der Waals surface area contributed by atoms with Crippen LogP contribution in [0.25, 0.3) is 11.3 Å². The molecule has 0 saturated heterocycles. The Labute approximate surface area is 193 Å². The molecule has 11 heteroatoms. The number of anilines is 2. The third-order valence-corrected chi connectivity index (χ3v) is 4.55. The van der Waals surface area contributed by atoms with Gasteiger partial charge in [-0.05, 0) is 36.1 Å². The van der Waals surface area contributed by atoms with Crippen LogP contribution in [-0.4, -0.2) is 42.2 Å². The summed E-state index contributed by atoms with van der Waals surface area (Å²) in [5.74, 6) is 5.32. The van der Waals surface area contributed by atoms with Crippen molar-refractivity contribution in [2.45, 2.75) is 12.7 Å². The molecule has 0 aliphatic heterocycles. The lowest BCUT2D eigenvalue weighted by Gasteiger charge is -2.09. The van der Waals surface area contributed by atoms with Crippen LogP contribution < -0.4 is 21.2 Å². The number of methoxy groups -OCH3 is 1. The monoisotopic (exact) mass is 470 g/mol. The summed E-state index contributed by atoms with van der Waals surface area (Å²) in [6.45, 7) is -1.30. The highest BCUT2D eigenvalue weighted by Crippen LogP contribution is 2.27. The lowest BCUT2D eigenvalue weighted by molar-refractivity contribution is -0.142. The number of hydrogen-bond acceptors (Lipinski definition) is 6. The van der Waals surface area contributed by atoms with Gasteiger partial charge in [0.25, 0.3) is 5.91 Å². The molecule has 0 radical (unpaired) electrons. The molecular formula is C23H21F3N6O2. The third kappa shape index (κ3) is 6.07. The molecule has 3 rings (SSSR count). The molecule has 1 aromatic heterocycles. The number of ether oxygens (including phenoxy) is 1. The number of nitrogens with two attached hydrogens (primary N) is 1. The minimum atomic E-state index is -4.48. The Balaban J connectivity index is 1.81. The van der Waals surface area contributed by atoms with Gasteiger partial charge < -0.3 is 15.8 Å². The Kier molecular flexibility index (Phi) is 7.43. The number of para-hydroxylation sites is 1. The number of nitrogen functional groups attached to an aromatic ring is 1. The number of benzene rings is 2. The lowest BCUT2D eigenvalue weighted by Crippen LogP contribution is -2.19. The number of hydrogen-bond donors (Lipinski definition) is 3. The first-order valence-corrected chi connectivity index (χ1v) is 9.90. The zero-order valence-corrected chi connectivity index (χ0v) is 18.3. The van der Waals surface area contributed by atoms with Crippen LogP contribution in [0.15, 0.2) is 53.6 Å². The molecule has 2 aromatic carbocycles. The molecule has 1 heterocycles. The van der Waals surface area contributed by atoms with E-state index in [2.05, 4.69) is 32.8 Å². The molecule has 4 N–H and O–H groups in total. The number of alkyl halides is 3. The van der Waals surface area contributed by atoms with Gasteiger partial charge in [0.1, 0.15) is 18.0 Å². The van der Waals surface area contributed by atoms with E-state index < -0.39 is 12.7 Å². The van der Waals surface area contributed by atoms with Crippen molar-refractivity contribution in [3.05, 3.63) is 59.8 Å². The van der Waals surface area contributed by atoms with Gasteiger partial charge in [-0.15, -0.1) is 0 Å². The first-order valence-electron chi connectivity index (χ1n) is 9.90. The van der Waals surface area contributed by atoms with Gasteiger partial charge in [0, 0.05) is 29.9 Å². The standard InChI is InChI=1S/C23H21F3N6O2/c1-28-22(33)15-9-10-19(21(12-15)34-2)30-29-11-5-6-16-13-20(17-7-3-4-8-18(17)27)31-32(16)14-23(24,25)26/h3-4,7-13,30H,14,27H2,1-2H3,(H,28,33)/b29-11+. The number of aromatic nitrogens is 2. The fourth-order valence-corrected chi connectivity index (χ4v) is 2.98. The minimum Gasteiger partial charge on any atom is -0.494 e. The Hall–Kier alpha value is -4.46.